The molecule has 0 spiro atoms. The van der Waals surface area contributed by atoms with E-state index >= 15 is 0 Å². The highest BCUT2D eigenvalue weighted by molar-refractivity contribution is 6.30. The van der Waals surface area contributed by atoms with Crippen LogP contribution in [0.4, 0.5) is 5.69 Å². The highest BCUT2D eigenvalue weighted by Gasteiger charge is 2.25. The summed E-state index contributed by atoms with van der Waals surface area (Å²) < 4.78 is 5.42. The number of primary amides is 1. The number of piperazine rings is 1. The van der Waals surface area contributed by atoms with Crippen LogP contribution in [0.2, 0.25) is 5.02 Å². The Morgan fingerprint density at radius 1 is 1.08 bits per heavy atom. The molecule has 7 nitrogen and oxygen atoms in total. The maximum Gasteiger partial charge on any atom is 0.248 e. The van der Waals surface area contributed by atoms with E-state index in [0.717, 1.165) is 36.1 Å². The third-order valence-electron chi connectivity index (χ3n) is 5.96. The second-order valence-corrected chi connectivity index (χ2v) is 9.11. The largest absolute Gasteiger partial charge is 0.491 e. The van der Waals surface area contributed by atoms with E-state index in [1.54, 1.807) is 18.2 Å². The van der Waals surface area contributed by atoms with Crippen molar-refractivity contribution in [3.8, 4) is 5.75 Å². The Kier molecular flexibility index (Phi) is 10.6. The fraction of sp³-hybridized carbons (Fsp3) is 0.321. The van der Waals surface area contributed by atoms with Crippen LogP contribution in [0.25, 0.3) is 0 Å². The molecule has 1 saturated heterocycles. The van der Waals surface area contributed by atoms with Crippen LogP contribution in [0, 0.1) is 0 Å². The summed E-state index contributed by atoms with van der Waals surface area (Å²) in [7, 11) is 0. The number of carbonyl (C=O) groups excluding carboxylic acids is 1. The number of β-amino-alcohol motifs (C(OH)–C–C–N with tert-alkyl or cyclic N) is 1. The van der Waals surface area contributed by atoms with Crippen molar-refractivity contribution in [1.82, 2.24) is 4.90 Å². The Labute approximate surface area is 217 Å². The van der Waals surface area contributed by atoms with Gasteiger partial charge >= 0.3 is 0 Å². The van der Waals surface area contributed by atoms with E-state index in [4.69, 9.17) is 27.2 Å². The van der Waals surface area contributed by atoms with Crippen LogP contribution in [-0.2, 0) is 0 Å². The number of halogens is 1. The first-order chi connectivity index (χ1) is 17.4. The number of rotatable bonds is 8. The van der Waals surface area contributed by atoms with Crippen molar-refractivity contribution < 1.29 is 19.7 Å². The molecule has 192 valence electrons. The van der Waals surface area contributed by atoms with E-state index in [9.17, 15) is 9.90 Å². The molecule has 2 atom stereocenters. The van der Waals surface area contributed by atoms with E-state index in [1.807, 2.05) is 60.7 Å². The normalized spacial score (nSPS) is 16.6. The van der Waals surface area contributed by atoms with Gasteiger partial charge in [-0.05, 0) is 61.0 Å². The SMILES string of the molecule is C[C@@H]1CN(C[C@@H](O)c2cccc(C(N)=O)c2)CCN1c1ccc(OCCO)cc1.Clc1ccccc1. The minimum Gasteiger partial charge on any atom is -0.491 e. The van der Waals surface area contributed by atoms with Gasteiger partial charge in [-0.3, -0.25) is 9.69 Å². The summed E-state index contributed by atoms with van der Waals surface area (Å²) in [5.74, 6) is 0.254. The molecular weight excluding hydrogens is 478 g/mol. The Morgan fingerprint density at radius 2 is 1.81 bits per heavy atom. The maximum atomic E-state index is 11.4. The Bertz CT molecular complexity index is 1080. The second kappa shape index (κ2) is 13.8. The number of benzene rings is 3. The number of hydrogen-bond donors (Lipinski definition) is 3. The van der Waals surface area contributed by atoms with Gasteiger partial charge in [0.25, 0.3) is 0 Å². The highest BCUT2D eigenvalue weighted by Crippen LogP contribution is 2.25. The van der Waals surface area contributed by atoms with E-state index < -0.39 is 12.0 Å². The van der Waals surface area contributed by atoms with Crippen LogP contribution in [0.5, 0.6) is 5.75 Å². The molecule has 36 heavy (non-hydrogen) atoms. The zero-order chi connectivity index (χ0) is 25.9. The lowest BCUT2D eigenvalue weighted by molar-refractivity contribution is 0.0993. The molecule has 1 heterocycles. The monoisotopic (exact) mass is 511 g/mol. The number of nitrogens with zero attached hydrogens (tertiary/aromatic N) is 2. The molecule has 1 aliphatic heterocycles. The Balaban J connectivity index is 0.000000444. The van der Waals surface area contributed by atoms with Gasteiger partial charge in [0.2, 0.25) is 5.91 Å². The van der Waals surface area contributed by atoms with Gasteiger partial charge in [0.05, 0.1) is 12.7 Å². The number of anilines is 1. The molecule has 0 radical (unpaired) electrons. The lowest BCUT2D eigenvalue weighted by Gasteiger charge is -2.42. The van der Waals surface area contributed by atoms with Gasteiger partial charge in [-0.25, -0.2) is 0 Å². The summed E-state index contributed by atoms with van der Waals surface area (Å²) in [5, 5.41) is 20.2. The van der Waals surface area contributed by atoms with Gasteiger partial charge in [-0.1, -0.05) is 41.9 Å². The van der Waals surface area contributed by atoms with Crippen molar-refractivity contribution in [3.05, 3.63) is 95.0 Å². The molecule has 1 fully saturated rings. The average Bonchev–Trinajstić information content (AvgIpc) is 2.89. The van der Waals surface area contributed by atoms with Crippen molar-refractivity contribution in [2.24, 2.45) is 5.73 Å². The quantitative estimate of drug-likeness (QED) is 0.426. The minimum absolute atomic E-state index is 0.000575. The van der Waals surface area contributed by atoms with Gasteiger partial charge < -0.3 is 25.6 Å². The van der Waals surface area contributed by atoms with Gasteiger partial charge in [-0.2, -0.15) is 0 Å². The molecule has 1 aliphatic rings. The number of aliphatic hydroxyl groups is 2. The molecule has 3 aromatic rings. The van der Waals surface area contributed by atoms with Crippen molar-refractivity contribution in [1.29, 1.82) is 0 Å². The van der Waals surface area contributed by atoms with E-state index in [0.29, 0.717) is 24.3 Å². The summed E-state index contributed by atoms with van der Waals surface area (Å²) in [6.07, 6.45) is -0.670. The molecule has 3 aromatic carbocycles. The Morgan fingerprint density at radius 3 is 2.39 bits per heavy atom. The highest BCUT2D eigenvalue weighted by atomic mass is 35.5. The molecule has 4 rings (SSSR count). The first kappa shape index (κ1) is 27.5. The molecule has 8 heteroatoms. The predicted octanol–water partition coefficient (Wildman–Crippen LogP) is 3.74. The molecule has 0 aliphatic carbocycles. The molecule has 0 bridgehead atoms. The van der Waals surface area contributed by atoms with Crippen molar-refractivity contribution >= 4 is 23.2 Å². The first-order valence-corrected chi connectivity index (χ1v) is 12.4. The van der Waals surface area contributed by atoms with Crippen LogP contribution in [0.3, 0.4) is 0 Å². The maximum absolute atomic E-state index is 11.4. The van der Waals surface area contributed by atoms with Crippen LogP contribution in [0.1, 0.15) is 28.9 Å². The molecule has 0 unspecified atom stereocenters. The second-order valence-electron chi connectivity index (χ2n) is 8.67. The molecule has 0 aromatic heterocycles. The summed E-state index contributed by atoms with van der Waals surface area (Å²) >= 11 is 5.54. The number of nitrogens with two attached hydrogens (primary N) is 1. The molecular formula is C28H34ClN3O4. The topological polar surface area (TPSA) is 99.3 Å². The van der Waals surface area contributed by atoms with Gasteiger partial charge in [0.1, 0.15) is 12.4 Å². The minimum atomic E-state index is -0.670. The van der Waals surface area contributed by atoms with Crippen molar-refractivity contribution in [2.45, 2.75) is 19.1 Å². The smallest absolute Gasteiger partial charge is 0.248 e. The summed E-state index contributed by atoms with van der Waals surface area (Å²) in [6.45, 7) is 5.48. The van der Waals surface area contributed by atoms with Crippen molar-refractivity contribution in [2.75, 3.05) is 44.3 Å². The molecule has 1 amide bonds. The predicted molar refractivity (Wildman–Crippen MR) is 144 cm³/mol. The third-order valence-corrected chi connectivity index (χ3v) is 6.21. The van der Waals surface area contributed by atoms with E-state index in [-0.39, 0.29) is 12.6 Å². The van der Waals surface area contributed by atoms with Crippen molar-refractivity contribution in [3.63, 3.8) is 0 Å². The fourth-order valence-electron chi connectivity index (χ4n) is 4.14. The Hall–Kier alpha value is -3.10. The number of amides is 1. The number of hydrogen-bond acceptors (Lipinski definition) is 6. The van der Waals surface area contributed by atoms with Crippen LogP contribution < -0.4 is 15.4 Å². The average molecular weight is 512 g/mol. The zero-order valence-corrected chi connectivity index (χ0v) is 21.2. The molecule has 4 N–H and O–H groups in total. The zero-order valence-electron chi connectivity index (χ0n) is 20.5. The van der Waals surface area contributed by atoms with Gasteiger partial charge in [0.15, 0.2) is 0 Å². The number of aliphatic hydroxyl groups excluding tert-OH is 2. The number of ether oxygens (including phenoxy) is 1. The van der Waals surface area contributed by atoms with Crippen LogP contribution >= 0.6 is 11.6 Å². The van der Waals surface area contributed by atoms with E-state index in [1.165, 1.54) is 0 Å². The summed E-state index contributed by atoms with van der Waals surface area (Å²) in [5.41, 5.74) is 7.57. The van der Waals surface area contributed by atoms with Crippen LogP contribution in [0.15, 0.2) is 78.9 Å². The molecule has 0 saturated carbocycles. The van der Waals surface area contributed by atoms with E-state index in [2.05, 4.69) is 16.7 Å². The van der Waals surface area contributed by atoms with Gasteiger partial charge in [0, 0.05) is 48.5 Å². The standard InChI is InChI=1S/C22H29N3O4.C6H5Cl/c1-16-14-24(15-21(27)17-3-2-4-18(13-17)22(23)28)9-10-25(16)19-5-7-20(8-6-19)29-12-11-26;7-6-4-2-1-3-5-6/h2-8,13,16,21,26-27H,9-12,14-15H2,1H3,(H2,23,28);1-5H/t16-,21-;/m1./s1. The number of carbonyl (C=O) groups is 1. The lowest BCUT2D eigenvalue weighted by Crippen LogP contribution is -2.52. The first-order valence-electron chi connectivity index (χ1n) is 12.0. The van der Waals surface area contributed by atoms with Gasteiger partial charge in [-0.15, -0.1) is 0 Å². The lowest BCUT2D eigenvalue weighted by atomic mass is 10.0. The summed E-state index contributed by atoms with van der Waals surface area (Å²) in [4.78, 5) is 15.9. The summed E-state index contributed by atoms with van der Waals surface area (Å²) in [6, 6.07) is 24.5. The fourth-order valence-corrected chi connectivity index (χ4v) is 4.29. The third kappa shape index (κ3) is 8.24. The van der Waals surface area contributed by atoms with Crippen LogP contribution in [-0.4, -0.2) is 66.5 Å².